The van der Waals surface area contributed by atoms with Gasteiger partial charge in [0.2, 0.25) is 5.91 Å². The molecule has 76 valence electrons. The fourth-order valence-electron chi connectivity index (χ4n) is 1.66. The second-order valence-corrected chi connectivity index (χ2v) is 3.68. The van der Waals surface area contributed by atoms with Gasteiger partial charge in [-0.05, 0) is 18.9 Å². The summed E-state index contributed by atoms with van der Waals surface area (Å²) in [5.74, 6) is 0.507. The van der Waals surface area contributed by atoms with Crippen LogP contribution in [0.15, 0.2) is 0 Å². The SMILES string of the molecule is CC1CCNC1C(=O)N(C)CCO. The number of rotatable bonds is 3. The van der Waals surface area contributed by atoms with Crippen molar-refractivity contribution in [1.82, 2.24) is 10.2 Å². The van der Waals surface area contributed by atoms with E-state index in [1.54, 1.807) is 11.9 Å². The lowest BCUT2D eigenvalue weighted by molar-refractivity contribution is -0.133. The van der Waals surface area contributed by atoms with E-state index in [4.69, 9.17) is 5.11 Å². The summed E-state index contributed by atoms with van der Waals surface area (Å²) in [6.45, 7) is 3.45. The lowest BCUT2D eigenvalue weighted by atomic mass is 10.0. The molecule has 1 heterocycles. The molecule has 1 rings (SSSR count). The largest absolute Gasteiger partial charge is 0.395 e. The number of carbonyl (C=O) groups is 1. The Labute approximate surface area is 78.9 Å². The Kier molecular flexibility index (Phi) is 3.69. The molecule has 0 aromatic rings. The summed E-state index contributed by atoms with van der Waals surface area (Å²) in [5, 5.41) is 11.9. The molecule has 1 aliphatic rings. The first-order valence-electron chi connectivity index (χ1n) is 4.76. The molecule has 1 saturated heterocycles. The van der Waals surface area contributed by atoms with Gasteiger partial charge >= 0.3 is 0 Å². The third-order valence-electron chi connectivity index (χ3n) is 2.61. The van der Waals surface area contributed by atoms with Crippen LogP contribution < -0.4 is 5.32 Å². The summed E-state index contributed by atoms with van der Waals surface area (Å²) in [7, 11) is 1.73. The molecule has 0 aromatic carbocycles. The summed E-state index contributed by atoms with van der Waals surface area (Å²) >= 11 is 0. The fourth-order valence-corrected chi connectivity index (χ4v) is 1.66. The van der Waals surface area contributed by atoms with E-state index in [9.17, 15) is 4.79 Å². The van der Waals surface area contributed by atoms with Crippen LogP contribution in [0.3, 0.4) is 0 Å². The molecule has 0 aliphatic carbocycles. The molecular weight excluding hydrogens is 168 g/mol. The van der Waals surface area contributed by atoms with Crippen LogP contribution in [0, 0.1) is 5.92 Å². The van der Waals surface area contributed by atoms with Gasteiger partial charge in [-0.25, -0.2) is 0 Å². The molecule has 2 N–H and O–H groups in total. The van der Waals surface area contributed by atoms with Gasteiger partial charge in [-0.2, -0.15) is 0 Å². The molecule has 0 aromatic heterocycles. The van der Waals surface area contributed by atoms with E-state index in [-0.39, 0.29) is 18.6 Å². The monoisotopic (exact) mass is 186 g/mol. The van der Waals surface area contributed by atoms with Crippen molar-refractivity contribution in [2.24, 2.45) is 5.92 Å². The maximum absolute atomic E-state index is 11.7. The highest BCUT2D eigenvalue weighted by Gasteiger charge is 2.30. The molecule has 4 nitrogen and oxygen atoms in total. The van der Waals surface area contributed by atoms with Crippen LogP contribution in [-0.2, 0) is 4.79 Å². The number of aliphatic hydroxyl groups excluding tert-OH is 1. The number of hydrogen-bond donors (Lipinski definition) is 2. The van der Waals surface area contributed by atoms with E-state index in [0.717, 1.165) is 13.0 Å². The number of amides is 1. The van der Waals surface area contributed by atoms with Crippen molar-refractivity contribution in [3.8, 4) is 0 Å². The van der Waals surface area contributed by atoms with E-state index in [1.165, 1.54) is 0 Å². The van der Waals surface area contributed by atoms with Crippen LogP contribution in [0.1, 0.15) is 13.3 Å². The fraction of sp³-hybridized carbons (Fsp3) is 0.889. The summed E-state index contributed by atoms with van der Waals surface area (Å²) in [6, 6.07) is -0.0449. The molecule has 0 bridgehead atoms. The van der Waals surface area contributed by atoms with Gasteiger partial charge in [-0.15, -0.1) is 0 Å². The Morgan fingerprint density at radius 1 is 1.69 bits per heavy atom. The molecule has 0 spiro atoms. The lowest BCUT2D eigenvalue weighted by Crippen LogP contribution is -2.45. The van der Waals surface area contributed by atoms with Crippen molar-refractivity contribution in [1.29, 1.82) is 0 Å². The number of aliphatic hydroxyl groups is 1. The van der Waals surface area contributed by atoms with Gasteiger partial charge in [-0.3, -0.25) is 4.79 Å². The zero-order valence-corrected chi connectivity index (χ0v) is 8.29. The van der Waals surface area contributed by atoms with Crippen LogP contribution >= 0.6 is 0 Å². The Balaban J connectivity index is 2.46. The molecule has 4 heteroatoms. The lowest BCUT2D eigenvalue weighted by Gasteiger charge is -2.22. The van der Waals surface area contributed by atoms with Gasteiger partial charge in [0, 0.05) is 13.6 Å². The number of nitrogens with zero attached hydrogens (tertiary/aromatic N) is 1. The van der Waals surface area contributed by atoms with Crippen molar-refractivity contribution in [2.75, 3.05) is 26.7 Å². The molecule has 1 aliphatic heterocycles. The van der Waals surface area contributed by atoms with E-state index in [2.05, 4.69) is 12.2 Å². The molecule has 0 radical (unpaired) electrons. The minimum absolute atomic E-state index is 0.0311. The topological polar surface area (TPSA) is 52.6 Å². The zero-order valence-electron chi connectivity index (χ0n) is 8.29. The molecule has 2 atom stereocenters. The first-order valence-corrected chi connectivity index (χ1v) is 4.76. The van der Waals surface area contributed by atoms with Gasteiger partial charge in [0.15, 0.2) is 0 Å². The molecule has 1 fully saturated rings. The van der Waals surface area contributed by atoms with Crippen LogP contribution in [0.25, 0.3) is 0 Å². The highest BCUT2D eigenvalue weighted by Crippen LogP contribution is 2.15. The van der Waals surface area contributed by atoms with Crippen molar-refractivity contribution < 1.29 is 9.90 Å². The van der Waals surface area contributed by atoms with Crippen molar-refractivity contribution in [3.05, 3.63) is 0 Å². The van der Waals surface area contributed by atoms with Crippen LogP contribution in [0.4, 0.5) is 0 Å². The minimum atomic E-state index is -0.0449. The maximum Gasteiger partial charge on any atom is 0.239 e. The minimum Gasteiger partial charge on any atom is -0.395 e. The molecule has 1 amide bonds. The first-order chi connectivity index (χ1) is 6.16. The Bertz CT molecular complexity index is 184. The smallest absolute Gasteiger partial charge is 0.239 e. The van der Waals surface area contributed by atoms with Crippen LogP contribution in [0.5, 0.6) is 0 Å². The standard InChI is InChI=1S/C9H18N2O2/c1-7-3-4-10-8(7)9(13)11(2)5-6-12/h7-8,10,12H,3-6H2,1-2H3. The molecule has 0 saturated carbocycles. The van der Waals surface area contributed by atoms with Gasteiger partial charge in [-0.1, -0.05) is 6.92 Å². The third kappa shape index (κ3) is 2.42. The summed E-state index contributed by atoms with van der Waals surface area (Å²) in [6.07, 6.45) is 1.06. The van der Waals surface area contributed by atoms with Gasteiger partial charge < -0.3 is 15.3 Å². The van der Waals surface area contributed by atoms with Crippen LogP contribution in [-0.4, -0.2) is 48.7 Å². The number of hydrogen-bond acceptors (Lipinski definition) is 3. The summed E-state index contributed by atoms with van der Waals surface area (Å²) in [4.78, 5) is 13.3. The first kappa shape index (κ1) is 10.5. The zero-order chi connectivity index (χ0) is 9.84. The van der Waals surface area contributed by atoms with Crippen molar-refractivity contribution >= 4 is 5.91 Å². The Morgan fingerprint density at radius 3 is 2.85 bits per heavy atom. The van der Waals surface area contributed by atoms with Gasteiger partial charge in [0.05, 0.1) is 12.6 Å². The quantitative estimate of drug-likeness (QED) is 0.621. The highest BCUT2D eigenvalue weighted by molar-refractivity contribution is 5.82. The van der Waals surface area contributed by atoms with Gasteiger partial charge in [0.25, 0.3) is 0 Å². The number of nitrogens with one attached hydrogen (secondary N) is 1. The second kappa shape index (κ2) is 4.58. The molecule has 13 heavy (non-hydrogen) atoms. The Morgan fingerprint density at radius 2 is 2.38 bits per heavy atom. The normalized spacial score (nSPS) is 27.6. The molecular formula is C9H18N2O2. The predicted octanol–water partition coefficient (Wildman–Crippen LogP) is -0.565. The summed E-state index contributed by atoms with van der Waals surface area (Å²) in [5.41, 5.74) is 0. The van der Waals surface area contributed by atoms with Crippen molar-refractivity contribution in [3.63, 3.8) is 0 Å². The van der Waals surface area contributed by atoms with E-state index < -0.39 is 0 Å². The van der Waals surface area contributed by atoms with Gasteiger partial charge in [0.1, 0.15) is 0 Å². The summed E-state index contributed by atoms with van der Waals surface area (Å²) < 4.78 is 0. The molecule has 2 unspecified atom stereocenters. The van der Waals surface area contributed by atoms with Crippen molar-refractivity contribution in [2.45, 2.75) is 19.4 Å². The highest BCUT2D eigenvalue weighted by atomic mass is 16.3. The second-order valence-electron chi connectivity index (χ2n) is 3.68. The number of likely N-dealkylation sites (N-methyl/N-ethyl adjacent to an activating group) is 1. The Hall–Kier alpha value is -0.610. The number of carbonyl (C=O) groups excluding carboxylic acids is 1. The van der Waals surface area contributed by atoms with E-state index in [0.29, 0.717) is 12.5 Å². The average molecular weight is 186 g/mol. The predicted molar refractivity (Wildman–Crippen MR) is 50.3 cm³/mol. The third-order valence-corrected chi connectivity index (χ3v) is 2.61. The van der Waals surface area contributed by atoms with E-state index in [1.807, 2.05) is 0 Å². The maximum atomic E-state index is 11.7. The van der Waals surface area contributed by atoms with E-state index >= 15 is 0 Å². The van der Waals surface area contributed by atoms with Crippen LogP contribution in [0.2, 0.25) is 0 Å². The average Bonchev–Trinajstić information content (AvgIpc) is 2.50.